The number of anilines is 1. The molecule has 0 spiro atoms. The number of aliphatic hydroxyl groups is 1. The number of amides is 1. The van der Waals surface area contributed by atoms with Crippen LogP contribution in [0.15, 0.2) is 53.0 Å². The molecule has 0 fully saturated rings. The molecular weight excluding hydrogens is 414 g/mol. The molecule has 3 rings (SSSR count). The van der Waals surface area contributed by atoms with Gasteiger partial charge in [-0.25, -0.2) is 0 Å². The van der Waals surface area contributed by atoms with E-state index < -0.39 is 23.9 Å². The molecule has 1 atom stereocenters. The molecule has 1 heterocycles. The summed E-state index contributed by atoms with van der Waals surface area (Å²) in [6.07, 6.45) is -0.418. The Labute approximate surface area is 164 Å². The molecule has 0 bridgehead atoms. The summed E-state index contributed by atoms with van der Waals surface area (Å²) in [5.41, 5.74) is -0.933. The minimum atomic E-state index is -2.03. The van der Waals surface area contributed by atoms with Gasteiger partial charge >= 0.3 is 5.97 Å². The van der Waals surface area contributed by atoms with Crippen molar-refractivity contribution in [2.75, 3.05) is 18.1 Å². The Balaban J connectivity index is 1.93. The van der Waals surface area contributed by atoms with Crippen molar-refractivity contribution in [3.63, 3.8) is 0 Å². The fourth-order valence-electron chi connectivity index (χ4n) is 3.17. The van der Waals surface area contributed by atoms with E-state index >= 15 is 0 Å². The van der Waals surface area contributed by atoms with Crippen molar-refractivity contribution in [2.24, 2.45) is 0 Å². The first-order valence-corrected chi connectivity index (χ1v) is 9.24. The highest BCUT2D eigenvalue weighted by Gasteiger charge is 2.51. The second-order valence-corrected chi connectivity index (χ2v) is 7.10. The number of rotatable bonds is 6. The first kappa shape index (κ1) is 19.3. The zero-order valence-corrected chi connectivity index (χ0v) is 16.2. The Kier molecular flexibility index (Phi) is 5.43. The molecule has 1 aliphatic rings. The number of hydrogen-bond acceptors (Lipinski definition) is 5. The normalized spacial score (nSPS) is 18.3. The van der Waals surface area contributed by atoms with Gasteiger partial charge in [0.05, 0.1) is 18.7 Å². The van der Waals surface area contributed by atoms with Gasteiger partial charge in [0, 0.05) is 15.6 Å². The van der Waals surface area contributed by atoms with E-state index in [2.05, 4.69) is 15.9 Å². The molecule has 7 heteroatoms. The molecule has 1 aliphatic heterocycles. The summed E-state index contributed by atoms with van der Waals surface area (Å²) in [7, 11) is 0. The zero-order chi connectivity index (χ0) is 19.6. The molecular formula is C20H18BrNO5. The summed E-state index contributed by atoms with van der Waals surface area (Å²) in [4.78, 5) is 38.7. The van der Waals surface area contributed by atoms with Gasteiger partial charge in [0.25, 0.3) is 5.91 Å². The summed E-state index contributed by atoms with van der Waals surface area (Å²) in [5.74, 6) is -1.66. The van der Waals surface area contributed by atoms with Gasteiger partial charge in [-0.05, 0) is 25.1 Å². The highest BCUT2D eigenvalue weighted by Crippen LogP contribution is 2.42. The van der Waals surface area contributed by atoms with E-state index in [1.807, 2.05) is 0 Å². The quantitative estimate of drug-likeness (QED) is 0.561. The van der Waals surface area contributed by atoms with Gasteiger partial charge in [0.2, 0.25) is 0 Å². The summed E-state index contributed by atoms with van der Waals surface area (Å²) >= 11 is 3.30. The molecule has 1 amide bonds. The molecule has 0 aromatic heterocycles. The third kappa shape index (κ3) is 3.65. The van der Waals surface area contributed by atoms with Gasteiger partial charge in [-0.3, -0.25) is 19.3 Å². The number of fused-ring (bicyclic) bond motifs is 1. The van der Waals surface area contributed by atoms with Crippen LogP contribution in [0.2, 0.25) is 0 Å². The Morgan fingerprint density at radius 3 is 2.63 bits per heavy atom. The van der Waals surface area contributed by atoms with Crippen LogP contribution in [0.1, 0.15) is 29.3 Å². The van der Waals surface area contributed by atoms with E-state index in [-0.39, 0.29) is 18.9 Å². The van der Waals surface area contributed by atoms with Crippen LogP contribution in [0.4, 0.5) is 5.69 Å². The number of ketones is 1. The lowest BCUT2D eigenvalue weighted by atomic mass is 9.88. The molecule has 1 N–H and O–H groups in total. The minimum absolute atomic E-state index is 0.189. The second kappa shape index (κ2) is 7.62. The summed E-state index contributed by atoms with van der Waals surface area (Å²) in [6, 6.07) is 13.3. The molecule has 0 saturated carbocycles. The van der Waals surface area contributed by atoms with Crippen molar-refractivity contribution in [3.05, 3.63) is 64.1 Å². The standard InChI is InChI=1S/C20H18BrNO5/c1-2-27-18(24)12-22-16-9-4-3-8-15(16)20(26,19(22)25)11-17(23)13-6-5-7-14(21)10-13/h3-10,26H,2,11-12H2,1H3. The third-order valence-corrected chi connectivity index (χ3v) is 4.89. The molecule has 0 aliphatic carbocycles. The SMILES string of the molecule is CCOC(=O)CN1C(=O)C(O)(CC(=O)c2cccc(Br)c2)c2ccccc21. The van der Waals surface area contributed by atoms with Gasteiger partial charge in [0.15, 0.2) is 11.4 Å². The number of benzene rings is 2. The van der Waals surface area contributed by atoms with Gasteiger partial charge in [0.1, 0.15) is 6.54 Å². The lowest BCUT2D eigenvalue weighted by molar-refractivity contribution is -0.144. The maximum absolute atomic E-state index is 13.0. The highest BCUT2D eigenvalue weighted by molar-refractivity contribution is 9.10. The topological polar surface area (TPSA) is 83.9 Å². The van der Waals surface area contributed by atoms with Crippen LogP contribution < -0.4 is 4.90 Å². The van der Waals surface area contributed by atoms with E-state index in [4.69, 9.17) is 4.74 Å². The predicted octanol–water partition coefficient (Wildman–Crippen LogP) is 2.82. The first-order chi connectivity index (χ1) is 12.9. The predicted molar refractivity (Wildman–Crippen MR) is 102 cm³/mol. The van der Waals surface area contributed by atoms with Gasteiger partial charge < -0.3 is 9.84 Å². The molecule has 0 saturated heterocycles. The van der Waals surface area contributed by atoms with E-state index in [1.54, 1.807) is 55.5 Å². The van der Waals surface area contributed by atoms with E-state index in [0.717, 1.165) is 4.47 Å². The second-order valence-electron chi connectivity index (χ2n) is 6.18. The van der Waals surface area contributed by atoms with Gasteiger partial charge in [-0.15, -0.1) is 0 Å². The number of esters is 1. The zero-order valence-electron chi connectivity index (χ0n) is 14.6. The van der Waals surface area contributed by atoms with Crippen LogP contribution in [-0.2, 0) is 19.9 Å². The largest absolute Gasteiger partial charge is 0.465 e. The number of nitrogens with zero attached hydrogens (tertiary/aromatic N) is 1. The van der Waals surface area contributed by atoms with Crippen LogP contribution in [0, 0.1) is 0 Å². The minimum Gasteiger partial charge on any atom is -0.465 e. The number of Topliss-reactive ketones (excluding diaryl/α,β-unsaturated/α-hetero) is 1. The number of halogens is 1. The molecule has 27 heavy (non-hydrogen) atoms. The number of carbonyl (C=O) groups is 3. The smallest absolute Gasteiger partial charge is 0.326 e. The maximum atomic E-state index is 13.0. The highest BCUT2D eigenvalue weighted by atomic mass is 79.9. The van der Waals surface area contributed by atoms with Crippen molar-refractivity contribution >= 4 is 39.3 Å². The third-order valence-electron chi connectivity index (χ3n) is 4.39. The summed E-state index contributed by atoms with van der Waals surface area (Å²) < 4.78 is 5.64. The number of hydrogen-bond donors (Lipinski definition) is 1. The Morgan fingerprint density at radius 1 is 1.19 bits per heavy atom. The fourth-order valence-corrected chi connectivity index (χ4v) is 3.57. The van der Waals surface area contributed by atoms with Crippen molar-refractivity contribution < 1.29 is 24.2 Å². The summed E-state index contributed by atoms with van der Waals surface area (Å²) in [6.45, 7) is 1.54. The molecule has 140 valence electrons. The van der Waals surface area contributed by atoms with Crippen LogP contribution >= 0.6 is 15.9 Å². The Bertz CT molecular complexity index is 913. The average molecular weight is 432 g/mol. The van der Waals surface area contributed by atoms with E-state index in [9.17, 15) is 19.5 Å². The number of para-hydroxylation sites is 1. The van der Waals surface area contributed by atoms with Gasteiger partial charge in [-0.1, -0.05) is 46.3 Å². The van der Waals surface area contributed by atoms with Gasteiger partial charge in [-0.2, -0.15) is 0 Å². The van der Waals surface area contributed by atoms with Crippen LogP contribution in [0.25, 0.3) is 0 Å². The molecule has 6 nitrogen and oxygen atoms in total. The molecule has 2 aromatic rings. The lowest BCUT2D eigenvalue weighted by Crippen LogP contribution is -2.44. The van der Waals surface area contributed by atoms with Crippen molar-refractivity contribution in [1.82, 2.24) is 0 Å². The average Bonchev–Trinajstić information content (AvgIpc) is 2.84. The maximum Gasteiger partial charge on any atom is 0.326 e. The molecule has 2 aromatic carbocycles. The van der Waals surface area contributed by atoms with Crippen molar-refractivity contribution in [3.8, 4) is 0 Å². The Hall–Kier alpha value is -2.51. The van der Waals surface area contributed by atoms with Crippen LogP contribution in [-0.4, -0.2) is 35.9 Å². The van der Waals surface area contributed by atoms with Crippen LogP contribution in [0.5, 0.6) is 0 Å². The lowest BCUT2D eigenvalue weighted by Gasteiger charge is -2.22. The molecule has 1 unspecified atom stereocenters. The monoisotopic (exact) mass is 431 g/mol. The van der Waals surface area contributed by atoms with E-state index in [0.29, 0.717) is 16.8 Å². The Morgan fingerprint density at radius 2 is 1.93 bits per heavy atom. The van der Waals surface area contributed by atoms with Crippen molar-refractivity contribution in [2.45, 2.75) is 18.9 Å². The van der Waals surface area contributed by atoms with Crippen molar-refractivity contribution in [1.29, 1.82) is 0 Å². The number of carbonyl (C=O) groups excluding carboxylic acids is 3. The number of ether oxygens (including phenoxy) is 1. The first-order valence-electron chi connectivity index (χ1n) is 8.45. The van der Waals surface area contributed by atoms with Crippen LogP contribution in [0.3, 0.4) is 0 Å². The van der Waals surface area contributed by atoms with E-state index in [1.165, 1.54) is 4.90 Å². The summed E-state index contributed by atoms with van der Waals surface area (Å²) in [5, 5.41) is 11.2. The molecule has 0 radical (unpaired) electrons. The fraction of sp³-hybridized carbons (Fsp3) is 0.250.